The Bertz CT molecular complexity index is 1550. The molecule has 5 rings (SSSR count). The molecule has 1 saturated heterocycles. The highest BCUT2D eigenvalue weighted by Gasteiger charge is 2.60. The van der Waals surface area contributed by atoms with E-state index in [1.807, 2.05) is 0 Å². The molecular formula is C30H27F3N2O6. The summed E-state index contributed by atoms with van der Waals surface area (Å²) in [5.74, 6) is -0.829. The van der Waals surface area contributed by atoms with Crippen LogP contribution < -0.4 is 16.0 Å². The number of aliphatic hydroxyl groups is 1. The minimum atomic E-state index is -2.30. The first-order chi connectivity index (χ1) is 19.8. The van der Waals surface area contributed by atoms with Crippen molar-refractivity contribution in [3.8, 4) is 5.75 Å². The fourth-order valence-corrected chi connectivity index (χ4v) is 5.19. The number of hydrogen-bond donors (Lipinski definition) is 2. The number of ether oxygens (including phenoxy) is 3. The maximum atomic E-state index is 16.5. The quantitative estimate of drug-likeness (QED) is 0.299. The first-order valence-electron chi connectivity index (χ1n) is 12.7. The van der Waals surface area contributed by atoms with Crippen molar-refractivity contribution in [3.63, 3.8) is 0 Å². The molecule has 11 heteroatoms. The van der Waals surface area contributed by atoms with Crippen molar-refractivity contribution < 1.29 is 32.5 Å². The molecule has 0 amide bonds. The van der Waals surface area contributed by atoms with Crippen LogP contribution in [0.3, 0.4) is 0 Å². The molecule has 0 aliphatic carbocycles. The predicted molar refractivity (Wildman–Crippen MR) is 143 cm³/mol. The van der Waals surface area contributed by atoms with Gasteiger partial charge < -0.3 is 19.3 Å². The van der Waals surface area contributed by atoms with E-state index in [0.717, 1.165) is 0 Å². The van der Waals surface area contributed by atoms with Crippen molar-refractivity contribution in [2.24, 2.45) is 0 Å². The lowest BCUT2D eigenvalue weighted by Gasteiger charge is -2.41. The normalized spacial score (nSPS) is 22.5. The lowest BCUT2D eigenvalue weighted by molar-refractivity contribution is -0.172. The molecule has 1 aliphatic heterocycles. The largest absolute Gasteiger partial charge is 0.497 e. The van der Waals surface area contributed by atoms with Crippen molar-refractivity contribution in [2.45, 2.75) is 29.7 Å². The number of aromatic nitrogens is 2. The van der Waals surface area contributed by atoms with E-state index < -0.39 is 60.1 Å². The molecule has 2 heterocycles. The van der Waals surface area contributed by atoms with Crippen LogP contribution in [0.15, 0.2) is 101 Å². The topological polar surface area (TPSA) is 103 Å². The fraction of sp³-hybridized carbons (Fsp3) is 0.267. The summed E-state index contributed by atoms with van der Waals surface area (Å²) in [4.78, 5) is 25.8. The summed E-state index contributed by atoms with van der Waals surface area (Å²) in [5, 5.41) is 10.4. The van der Waals surface area contributed by atoms with Crippen molar-refractivity contribution in [3.05, 3.63) is 134 Å². The van der Waals surface area contributed by atoms with Crippen LogP contribution in [-0.4, -0.2) is 52.9 Å². The molecular weight excluding hydrogens is 541 g/mol. The lowest BCUT2D eigenvalue weighted by Crippen LogP contribution is -2.53. The summed E-state index contributed by atoms with van der Waals surface area (Å²) in [7, 11) is 1.51. The Balaban J connectivity index is 1.73. The van der Waals surface area contributed by atoms with Crippen LogP contribution in [0.4, 0.5) is 13.2 Å². The van der Waals surface area contributed by atoms with E-state index in [2.05, 4.69) is 0 Å². The summed E-state index contributed by atoms with van der Waals surface area (Å²) in [6.45, 7) is -2.44. The average molecular weight is 569 g/mol. The van der Waals surface area contributed by atoms with Gasteiger partial charge in [0, 0.05) is 0 Å². The molecule has 2 N–H and O–H groups in total. The Hall–Kier alpha value is -4.19. The molecule has 0 unspecified atom stereocenters. The molecule has 3 aromatic carbocycles. The number of aromatic amines is 1. The Kier molecular flexibility index (Phi) is 7.85. The van der Waals surface area contributed by atoms with E-state index in [9.17, 15) is 23.5 Å². The number of H-pyrrole nitrogens is 1. The Morgan fingerprint density at radius 2 is 1.54 bits per heavy atom. The van der Waals surface area contributed by atoms with Gasteiger partial charge in [-0.25, -0.2) is 13.6 Å². The third kappa shape index (κ3) is 4.86. The van der Waals surface area contributed by atoms with E-state index >= 15 is 4.39 Å². The summed E-state index contributed by atoms with van der Waals surface area (Å²) in [6, 6.07) is 24.5. The van der Waals surface area contributed by atoms with Gasteiger partial charge in [-0.05, 0) is 28.8 Å². The van der Waals surface area contributed by atoms with Crippen LogP contribution in [0, 0.1) is 5.82 Å². The number of rotatable bonds is 9. The molecule has 0 saturated carbocycles. The number of methoxy groups -OCH3 is 1. The summed E-state index contributed by atoms with van der Waals surface area (Å²) in [5.41, 5.74) is -4.75. The van der Waals surface area contributed by atoms with Gasteiger partial charge in [-0.3, -0.25) is 14.3 Å². The average Bonchev–Trinajstić information content (AvgIpc) is 3.29. The highest BCUT2D eigenvalue weighted by molar-refractivity contribution is 5.49. The number of alkyl halides is 2. The lowest BCUT2D eigenvalue weighted by atomic mass is 9.79. The maximum Gasteiger partial charge on any atom is 0.330 e. The van der Waals surface area contributed by atoms with Gasteiger partial charge in [0.25, 0.3) is 5.56 Å². The van der Waals surface area contributed by atoms with Gasteiger partial charge in [0.15, 0.2) is 18.0 Å². The van der Waals surface area contributed by atoms with Crippen LogP contribution in [-0.2, 0) is 15.1 Å². The zero-order valence-corrected chi connectivity index (χ0v) is 21.9. The molecule has 0 bridgehead atoms. The number of halogens is 3. The highest BCUT2D eigenvalue weighted by atomic mass is 19.1. The number of benzene rings is 3. The summed E-state index contributed by atoms with van der Waals surface area (Å²) in [6.07, 6.45) is -5.58. The third-order valence-corrected chi connectivity index (χ3v) is 7.29. The Labute approximate surface area is 232 Å². The van der Waals surface area contributed by atoms with Gasteiger partial charge in [-0.1, -0.05) is 72.8 Å². The maximum absolute atomic E-state index is 16.5. The molecule has 0 radical (unpaired) electrons. The van der Waals surface area contributed by atoms with Crippen molar-refractivity contribution in [1.29, 1.82) is 0 Å². The molecule has 214 valence electrons. The minimum absolute atomic E-state index is 0.477. The zero-order valence-electron chi connectivity index (χ0n) is 21.9. The molecule has 4 atom stereocenters. The Morgan fingerprint density at radius 1 is 0.976 bits per heavy atom. The first-order valence-corrected chi connectivity index (χ1v) is 12.7. The zero-order chi connectivity index (χ0) is 29.2. The molecule has 1 fully saturated rings. The van der Waals surface area contributed by atoms with Crippen LogP contribution >= 0.6 is 0 Å². The van der Waals surface area contributed by atoms with Crippen LogP contribution in [0.25, 0.3) is 0 Å². The van der Waals surface area contributed by atoms with Crippen molar-refractivity contribution in [2.75, 3.05) is 20.4 Å². The van der Waals surface area contributed by atoms with E-state index in [1.54, 1.807) is 89.9 Å². The van der Waals surface area contributed by atoms with E-state index in [1.165, 1.54) is 7.11 Å². The first kappa shape index (κ1) is 28.3. The van der Waals surface area contributed by atoms with Crippen molar-refractivity contribution in [1.82, 2.24) is 9.55 Å². The second-order valence-electron chi connectivity index (χ2n) is 9.63. The SMILES string of the molecule is COc1ccc(C(O[C@H]2[C@H](F)[C@H](n3cc(F)c(=O)[nH]c3=O)O[C@@]2(CO)CF)(c2ccccc2)c2ccccc2)cc1. The van der Waals surface area contributed by atoms with E-state index in [0.29, 0.717) is 33.2 Å². The number of aliphatic hydroxyl groups excluding tert-OH is 1. The second kappa shape index (κ2) is 11.4. The fourth-order valence-electron chi connectivity index (χ4n) is 5.19. The number of hydrogen-bond acceptors (Lipinski definition) is 6. The summed E-state index contributed by atoms with van der Waals surface area (Å²) < 4.78 is 63.6. The second-order valence-corrected chi connectivity index (χ2v) is 9.63. The van der Waals surface area contributed by atoms with Crippen LogP contribution in [0.1, 0.15) is 22.9 Å². The van der Waals surface area contributed by atoms with Crippen LogP contribution in [0.5, 0.6) is 5.75 Å². The smallest absolute Gasteiger partial charge is 0.330 e. The number of nitrogens with zero attached hydrogens (tertiary/aromatic N) is 1. The van der Waals surface area contributed by atoms with Gasteiger partial charge in [0.2, 0.25) is 5.82 Å². The van der Waals surface area contributed by atoms with E-state index in [-0.39, 0.29) is 0 Å². The highest BCUT2D eigenvalue weighted by Crippen LogP contribution is 2.48. The standard InChI is InChI=1S/C30H27F3N2O6/c1-39-22-14-12-21(13-15-22)30(19-8-4-2-5-9-19,20-10-6-3-7-11-20)40-25-24(33)27(41-29(25,17-31)18-36)35-16-23(32)26(37)34-28(35)38/h2-16,24-25,27,36H,17-18H2,1H3,(H,34,37,38)/t24-,25-,27+,29+/m0/s1. The number of nitrogens with one attached hydrogen (secondary N) is 1. The van der Waals surface area contributed by atoms with Gasteiger partial charge in [-0.2, -0.15) is 4.39 Å². The van der Waals surface area contributed by atoms with E-state index in [4.69, 9.17) is 14.2 Å². The third-order valence-electron chi connectivity index (χ3n) is 7.29. The predicted octanol–water partition coefficient (Wildman–Crippen LogP) is 3.63. The van der Waals surface area contributed by atoms with Crippen molar-refractivity contribution >= 4 is 0 Å². The molecule has 8 nitrogen and oxygen atoms in total. The van der Waals surface area contributed by atoms with Gasteiger partial charge in [-0.15, -0.1) is 0 Å². The van der Waals surface area contributed by atoms with Crippen LogP contribution in [0.2, 0.25) is 0 Å². The minimum Gasteiger partial charge on any atom is -0.497 e. The molecule has 1 aliphatic rings. The van der Waals surface area contributed by atoms with Gasteiger partial charge in [0.05, 0.1) is 19.9 Å². The summed E-state index contributed by atoms with van der Waals surface area (Å²) >= 11 is 0. The molecule has 1 aromatic heterocycles. The molecule has 4 aromatic rings. The van der Waals surface area contributed by atoms with Gasteiger partial charge >= 0.3 is 5.69 Å². The monoisotopic (exact) mass is 568 g/mol. The Morgan fingerprint density at radius 3 is 2.05 bits per heavy atom. The molecule has 0 spiro atoms. The molecule has 41 heavy (non-hydrogen) atoms. The van der Waals surface area contributed by atoms with Gasteiger partial charge in [0.1, 0.15) is 24.1 Å².